The molecule has 2 aliphatic rings. The van der Waals surface area contributed by atoms with E-state index in [-0.39, 0.29) is 12.6 Å². The Hall–Kier alpha value is -2.35. The van der Waals surface area contributed by atoms with E-state index in [0.717, 1.165) is 26.2 Å². The minimum Gasteiger partial charge on any atom is -0.463 e. The molecule has 1 N–H and O–H groups in total. The number of hydrogen-bond donors (Lipinski definition) is 1. The van der Waals surface area contributed by atoms with E-state index in [0.29, 0.717) is 34.9 Å². The van der Waals surface area contributed by atoms with Crippen LogP contribution in [0, 0.1) is 0 Å². The van der Waals surface area contributed by atoms with Gasteiger partial charge in [0.05, 0.1) is 18.2 Å². The number of hydrogen-bond acceptors (Lipinski definition) is 5. The Morgan fingerprint density at radius 3 is 2.63 bits per heavy atom. The highest BCUT2D eigenvalue weighted by molar-refractivity contribution is 6.31. The summed E-state index contributed by atoms with van der Waals surface area (Å²) in [5.41, 5.74) is 1.74. The molecule has 0 unspecified atom stereocenters. The number of likely N-dealkylation sites (N-methyl/N-ethyl adjacent to an activating group) is 1. The van der Waals surface area contributed by atoms with Gasteiger partial charge in [0, 0.05) is 50.0 Å². The number of nitrogens with zero attached hydrogens (tertiary/aromatic N) is 3. The Balaban J connectivity index is 2.09. The van der Waals surface area contributed by atoms with Gasteiger partial charge in [-0.3, -0.25) is 9.80 Å². The van der Waals surface area contributed by atoms with Gasteiger partial charge in [-0.05, 0) is 25.6 Å². The van der Waals surface area contributed by atoms with Crippen molar-refractivity contribution in [3.63, 3.8) is 0 Å². The first-order valence-corrected chi connectivity index (χ1v) is 10.6. The van der Waals surface area contributed by atoms with Crippen LogP contribution in [0.15, 0.2) is 48.2 Å². The zero-order chi connectivity index (χ0) is 21.7. The van der Waals surface area contributed by atoms with Gasteiger partial charge in [0.25, 0.3) is 0 Å². The van der Waals surface area contributed by atoms with Crippen LogP contribution >= 0.6 is 11.6 Å². The van der Waals surface area contributed by atoms with Crippen LogP contribution in [0.25, 0.3) is 0 Å². The summed E-state index contributed by atoms with van der Waals surface area (Å²) in [4.78, 5) is 32.2. The van der Waals surface area contributed by atoms with E-state index >= 15 is 0 Å². The summed E-state index contributed by atoms with van der Waals surface area (Å²) in [6, 6.07) is 6.28. The van der Waals surface area contributed by atoms with Crippen LogP contribution in [0.1, 0.15) is 18.5 Å². The molecule has 2 amide bonds. The molecule has 1 aromatic carbocycles. The van der Waals surface area contributed by atoms with E-state index in [2.05, 4.69) is 28.7 Å². The first-order chi connectivity index (χ1) is 14.5. The molecule has 7 nitrogen and oxygen atoms in total. The molecule has 0 bridgehead atoms. The quantitative estimate of drug-likeness (QED) is 0.530. The van der Waals surface area contributed by atoms with E-state index in [1.165, 1.54) is 0 Å². The molecular weight excluding hydrogens is 404 g/mol. The predicted molar refractivity (Wildman–Crippen MR) is 117 cm³/mol. The van der Waals surface area contributed by atoms with Gasteiger partial charge in [-0.25, -0.2) is 9.59 Å². The van der Waals surface area contributed by atoms with E-state index in [1.54, 1.807) is 24.0 Å². The van der Waals surface area contributed by atoms with Crippen molar-refractivity contribution in [1.82, 2.24) is 20.0 Å². The number of amides is 2. The first-order valence-electron chi connectivity index (χ1n) is 10.2. The molecule has 2 aliphatic heterocycles. The van der Waals surface area contributed by atoms with Gasteiger partial charge in [-0.1, -0.05) is 35.9 Å². The number of halogens is 1. The molecule has 1 saturated heterocycles. The molecule has 162 valence electrons. The highest BCUT2D eigenvalue weighted by Gasteiger charge is 2.39. The fraction of sp³-hybridized carbons (Fsp3) is 0.455. The van der Waals surface area contributed by atoms with Crippen molar-refractivity contribution in [3.8, 4) is 0 Å². The highest BCUT2D eigenvalue weighted by Crippen LogP contribution is 2.35. The maximum Gasteiger partial charge on any atom is 0.338 e. The maximum absolute atomic E-state index is 13.1. The van der Waals surface area contributed by atoms with Gasteiger partial charge in [0.15, 0.2) is 0 Å². The average molecular weight is 433 g/mol. The molecule has 2 heterocycles. The number of carbonyl (C=O) groups excluding carboxylic acids is 2. The van der Waals surface area contributed by atoms with Crippen molar-refractivity contribution >= 4 is 23.6 Å². The minimum atomic E-state index is -0.672. The summed E-state index contributed by atoms with van der Waals surface area (Å²) in [6.45, 7) is 10.1. The Kier molecular flexibility index (Phi) is 7.53. The number of ether oxygens (including phenoxy) is 1. The Bertz CT molecular complexity index is 833. The molecule has 0 spiro atoms. The molecule has 0 radical (unpaired) electrons. The minimum absolute atomic E-state index is 0.245. The van der Waals surface area contributed by atoms with Crippen molar-refractivity contribution in [2.45, 2.75) is 13.0 Å². The van der Waals surface area contributed by atoms with Gasteiger partial charge in [-0.2, -0.15) is 0 Å². The van der Waals surface area contributed by atoms with Crippen LogP contribution in [0.4, 0.5) is 4.79 Å². The lowest BCUT2D eigenvalue weighted by Crippen LogP contribution is -2.52. The van der Waals surface area contributed by atoms with Gasteiger partial charge < -0.3 is 15.0 Å². The molecule has 0 saturated carbocycles. The van der Waals surface area contributed by atoms with Crippen LogP contribution in [-0.4, -0.2) is 79.6 Å². The van der Waals surface area contributed by atoms with Crippen LogP contribution in [0.5, 0.6) is 0 Å². The second-order valence-corrected chi connectivity index (χ2v) is 7.87. The van der Waals surface area contributed by atoms with Gasteiger partial charge in [-0.15, -0.1) is 6.58 Å². The monoisotopic (exact) mass is 432 g/mol. The number of benzene rings is 1. The third-order valence-corrected chi connectivity index (χ3v) is 5.78. The average Bonchev–Trinajstić information content (AvgIpc) is 2.72. The van der Waals surface area contributed by atoms with E-state index in [1.807, 2.05) is 18.2 Å². The fourth-order valence-corrected chi connectivity index (χ4v) is 4.05. The van der Waals surface area contributed by atoms with E-state index in [9.17, 15) is 9.59 Å². The summed E-state index contributed by atoms with van der Waals surface area (Å²) in [6.07, 6.45) is 1.65. The molecule has 1 atom stereocenters. The molecular formula is C22H29ClN4O3. The van der Waals surface area contributed by atoms with Crippen molar-refractivity contribution < 1.29 is 14.3 Å². The number of urea groups is 1. The molecule has 3 rings (SSSR count). The Labute approximate surface area is 182 Å². The molecule has 8 heteroatoms. The lowest BCUT2D eigenvalue weighted by Gasteiger charge is -2.40. The number of nitrogens with one attached hydrogen (secondary N) is 1. The largest absolute Gasteiger partial charge is 0.463 e. The van der Waals surface area contributed by atoms with Gasteiger partial charge in [0.2, 0.25) is 0 Å². The molecule has 1 aromatic rings. The maximum atomic E-state index is 13.1. The standard InChI is InChI=1S/C22H29ClN4O3/c1-4-10-27-18(15-26-13-11-25(3)12-14-26)19(21(28)30-5-2)20(24-22(27)29)16-8-6-7-9-17(16)23/h4,6-9,20H,1,5,10-15H2,2-3H3,(H,24,29)/t20-/m1/s1. The third kappa shape index (κ3) is 4.86. The van der Waals surface area contributed by atoms with Crippen molar-refractivity contribution in [3.05, 3.63) is 58.8 Å². The van der Waals surface area contributed by atoms with Crippen molar-refractivity contribution in [2.75, 3.05) is 52.9 Å². The van der Waals surface area contributed by atoms with Gasteiger partial charge >= 0.3 is 12.0 Å². The second-order valence-electron chi connectivity index (χ2n) is 7.46. The zero-order valence-electron chi connectivity index (χ0n) is 17.6. The predicted octanol–water partition coefficient (Wildman–Crippen LogP) is 2.66. The summed E-state index contributed by atoms with van der Waals surface area (Å²) < 4.78 is 5.40. The van der Waals surface area contributed by atoms with E-state index < -0.39 is 12.0 Å². The van der Waals surface area contributed by atoms with Gasteiger partial charge in [0.1, 0.15) is 0 Å². The summed E-state index contributed by atoms with van der Waals surface area (Å²) >= 11 is 6.43. The highest BCUT2D eigenvalue weighted by atomic mass is 35.5. The summed E-state index contributed by atoms with van der Waals surface area (Å²) in [5, 5.41) is 3.43. The second kappa shape index (κ2) is 10.1. The molecule has 0 aliphatic carbocycles. The number of carbonyl (C=O) groups is 2. The number of piperazine rings is 1. The molecule has 30 heavy (non-hydrogen) atoms. The SMILES string of the molecule is C=CCN1C(=O)N[C@H](c2ccccc2Cl)C(C(=O)OCC)=C1CN1CCN(C)CC1. The number of rotatable bonds is 7. The third-order valence-electron chi connectivity index (χ3n) is 5.43. The van der Waals surface area contributed by atoms with Crippen molar-refractivity contribution in [2.24, 2.45) is 0 Å². The lowest BCUT2D eigenvalue weighted by molar-refractivity contribution is -0.139. The Morgan fingerprint density at radius 2 is 2.00 bits per heavy atom. The zero-order valence-corrected chi connectivity index (χ0v) is 18.3. The smallest absolute Gasteiger partial charge is 0.338 e. The van der Waals surface area contributed by atoms with Crippen LogP contribution in [0.3, 0.4) is 0 Å². The molecule has 0 aromatic heterocycles. The summed E-state index contributed by atoms with van der Waals surface area (Å²) in [5.74, 6) is -0.444. The first kappa shape index (κ1) is 22.3. The fourth-order valence-electron chi connectivity index (χ4n) is 3.81. The van der Waals surface area contributed by atoms with Crippen LogP contribution in [0.2, 0.25) is 5.02 Å². The topological polar surface area (TPSA) is 65.1 Å². The van der Waals surface area contributed by atoms with Crippen LogP contribution in [-0.2, 0) is 9.53 Å². The Morgan fingerprint density at radius 1 is 1.30 bits per heavy atom. The normalized spacial score (nSPS) is 20.8. The lowest BCUT2D eigenvalue weighted by atomic mass is 9.94. The summed E-state index contributed by atoms with van der Waals surface area (Å²) in [7, 11) is 2.09. The number of esters is 1. The molecule has 1 fully saturated rings. The van der Waals surface area contributed by atoms with Crippen LogP contribution < -0.4 is 5.32 Å². The van der Waals surface area contributed by atoms with Crippen molar-refractivity contribution in [1.29, 1.82) is 0 Å². The van der Waals surface area contributed by atoms with E-state index in [4.69, 9.17) is 16.3 Å².